The summed E-state index contributed by atoms with van der Waals surface area (Å²) in [5.74, 6) is 0.635. The number of carbonyl (C=O) groups is 1. The molecule has 8 heteroatoms. The van der Waals surface area contributed by atoms with Gasteiger partial charge in [-0.3, -0.25) is 14.2 Å². The molecular weight excluding hydrogens is 450 g/mol. The van der Waals surface area contributed by atoms with Gasteiger partial charge < -0.3 is 10.6 Å². The standard InChI is InChI=1S/C26H28ClN5O2/c27-22-13-11-21(12-14-22)25(33)30(17-6-15-28)16-5-10-24-29-32-18-4-9-23(32)26(34)31(24)19-20-7-2-1-3-8-20/h1-4,7-9,11-14,18H,5-6,10,15-17,19,28H2. The maximum absolute atomic E-state index is 13.2. The highest BCUT2D eigenvalue weighted by atomic mass is 35.5. The Hall–Kier alpha value is -3.42. The van der Waals surface area contributed by atoms with E-state index in [9.17, 15) is 9.59 Å². The lowest BCUT2D eigenvalue weighted by molar-refractivity contribution is 0.0752. The maximum Gasteiger partial charge on any atom is 0.278 e. The lowest BCUT2D eigenvalue weighted by Gasteiger charge is -2.23. The third-order valence-corrected chi connectivity index (χ3v) is 6.00. The predicted octanol–water partition coefficient (Wildman–Crippen LogP) is 3.62. The van der Waals surface area contributed by atoms with Gasteiger partial charge in [-0.25, -0.2) is 4.52 Å². The normalized spacial score (nSPS) is 11.1. The van der Waals surface area contributed by atoms with E-state index in [0.717, 1.165) is 5.56 Å². The number of carbonyl (C=O) groups excluding carboxylic acids is 1. The van der Waals surface area contributed by atoms with Crippen LogP contribution in [0.3, 0.4) is 0 Å². The summed E-state index contributed by atoms with van der Waals surface area (Å²) in [6.45, 7) is 2.06. The molecule has 4 aromatic rings. The molecule has 2 aromatic carbocycles. The lowest BCUT2D eigenvalue weighted by atomic mass is 10.1. The molecule has 0 atom stereocenters. The summed E-state index contributed by atoms with van der Waals surface area (Å²) in [7, 11) is 0. The van der Waals surface area contributed by atoms with Crippen molar-refractivity contribution in [1.29, 1.82) is 0 Å². The molecule has 0 unspecified atom stereocenters. The van der Waals surface area contributed by atoms with Crippen LogP contribution in [0.15, 0.2) is 77.7 Å². The van der Waals surface area contributed by atoms with Crippen molar-refractivity contribution < 1.29 is 4.79 Å². The summed E-state index contributed by atoms with van der Waals surface area (Å²) in [5.41, 5.74) is 7.80. The van der Waals surface area contributed by atoms with Crippen molar-refractivity contribution in [1.82, 2.24) is 19.1 Å². The van der Waals surface area contributed by atoms with Gasteiger partial charge in [0.05, 0.1) is 6.54 Å². The molecule has 2 N–H and O–H groups in total. The Bertz CT molecular complexity index is 1300. The summed E-state index contributed by atoms with van der Waals surface area (Å²) in [6.07, 6.45) is 3.72. The molecule has 34 heavy (non-hydrogen) atoms. The monoisotopic (exact) mass is 477 g/mol. The van der Waals surface area contributed by atoms with E-state index in [1.165, 1.54) is 0 Å². The van der Waals surface area contributed by atoms with E-state index in [1.54, 1.807) is 45.6 Å². The van der Waals surface area contributed by atoms with Crippen LogP contribution in [0.2, 0.25) is 5.02 Å². The molecule has 0 spiro atoms. The van der Waals surface area contributed by atoms with Gasteiger partial charge in [-0.15, -0.1) is 0 Å². The van der Waals surface area contributed by atoms with Crippen molar-refractivity contribution in [2.75, 3.05) is 19.6 Å². The smallest absolute Gasteiger partial charge is 0.278 e. The molecule has 7 nitrogen and oxygen atoms in total. The van der Waals surface area contributed by atoms with E-state index in [2.05, 4.69) is 0 Å². The summed E-state index contributed by atoms with van der Waals surface area (Å²) in [6, 6.07) is 20.4. The average molecular weight is 478 g/mol. The molecule has 0 saturated heterocycles. The van der Waals surface area contributed by atoms with Gasteiger partial charge >= 0.3 is 0 Å². The van der Waals surface area contributed by atoms with E-state index in [1.807, 2.05) is 41.3 Å². The van der Waals surface area contributed by atoms with Crippen molar-refractivity contribution in [2.24, 2.45) is 5.73 Å². The Morgan fingerprint density at radius 2 is 1.71 bits per heavy atom. The Labute approximate surface area is 203 Å². The minimum Gasteiger partial charge on any atom is -0.339 e. The quantitative estimate of drug-likeness (QED) is 0.378. The Morgan fingerprint density at radius 3 is 2.44 bits per heavy atom. The number of hydrogen-bond donors (Lipinski definition) is 1. The van der Waals surface area contributed by atoms with Crippen LogP contribution in [-0.2, 0) is 13.0 Å². The van der Waals surface area contributed by atoms with Crippen LogP contribution in [0.1, 0.15) is 34.6 Å². The first-order chi connectivity index (χ1) is 16.6. The molecule has 0 aliphatic rings. The second-order valence-corrected chi connectivity index (χ2v) is 8.61. The number of aromatic nitrogens is 3. The highest BCUT2D eigenvalue weighted by Gasteiger charge is 2.17. The number of fused-ring (bicyclic) bond motifs is 1. The molecule has 2 aromatic heterocycles. The van der Waals surface area contributed by atoms with E-state index in [0.29, 0.717) is 67.4 Å². The number of halogens is 1. The highest BCUT2D eigenvalue weighted by molar-refractivity contribution is 6.30. The number of nitrogens with two attached hydrogens (primary N) is 1. The number of benzene rings is 2. The molecule has 1 amide bonds. The Balaban J connectivity index is 1.54. The first-order valence-electron chi connectivity index (χ1n) is 11.4. The fraction of sp³-hybridized carbons (Fsp3) is 0.269. The van der Waals surface area contributed by atoms with Crippen LogP contribution in [0.25, 0.3) is 5.52 Å². The van der Waals surface area contributed by atoms with E-state index in [4.69, 9.17) is 22.4 Å². The van der Waals surface area contributed by atoms with Crippen LogP contribution < -0.4 is 11.3 Å². The van der Waals surface area contributed by atoms with Gasteiger partial charge in [0.1, 0.15) is 11.3 Å². The zero-order valence-electron chi connectivity index (χ0n) is 18.9. The topological polar surface area (TPSA) is 85.6 Å². The Kier molecular flexibility index (Phi) is 7.77. The van der Waals surface area contributed by atoms with Crippen molar-refractivity contribution in [3.05, 3.63) is 105 Å². The molecule has 176 valence electrons. The Morgan fingerprint density at radius 1 is 0.971 bits per heavy atom. The molecule has 4 rings (SSSR count). The number of hydrogen-bond acceptors (Lipinski definition) is 4. The molecular formula is C26H28ClN5O2. The van der Waals surface area contributed by atoms with E-state index < -0.39 is 0 Å². The SMILES string of the molecule is NCCCN(CCCc1nn2cccc2c(=O)n1Cc1ccccc1)C(=O)c1ccc(Cl)cc1. The van der Waals surface area contributed by atoms with Gasteiger partial charge in [0.25, 0.3) is 11.5 Å². The number of nitrogens with zero attached hydrogens (tertiary/aromatic N) is 4. The fourth-order valence-electron chi connectivity index (χ4n) is 3.98. The van der Waals surface area contributed by atoms with Gasteiger partial charge in [-0.1, -0.05) is 41.9 Å². The molecule has 0 saturated carbocycles. The lowest BCUT2D eigenvalue weighted by Crippen LogP contribution is -2.34. The molecule has 2 heterocycles. The van der Waals surface area contributed by atoms with Gasteiger partial charge in [-0.05, 0) is 61.3 Å². The van der Waals surface area contributed by atoms with E-state index in [-0.39, 0.29) is 11.5 Å². The van der Waals surface area contributed by atoms with Crippen molar-refractivity contribution in [2.45, 2.75) is 25.8 Å². The highest BCUT2D eigenvalue weighted by Crippen LogP contribution is 2.13. The fourth-order valence-corrected chi connectivity index (χ4v) is 4.10. The van der Waals surface area contributed by atoms with Crippen LogP contribution in [0.5, 0.6) is 0 Å². The van der Waals surface area contributed by atoms with Crippen LogP contribution >= 0.6 is 11.6 Å². The summed E-state index contributed by atoms with van der Waals surface area (Å²) < 4.78 is 3.36. The minimum absolute atomic E-state index is 0.0550. The van der Waals surface area contributed by atoms with Gasteiger partial charge in [0.15, 0.2) is 0 Å². The second kappa shape index (κ2) is 11.1. The predicted molar refractivity (Wildman–Crippen MR) is 134 cm³/mol. The summed E-state index contributed by atoms with van der Waals surface area (Å²) in [4.78, 5) is 28.1. The molecule has 0 bridgehead atoms. The first-order valence-corrected chi connectivity index (χ1v) is 11.8. The van der Waals surface area contributed by atoms with Gasteiger partial charge in [-0.2, -0.15) is 5.10 Å². The van der Waals surface area contributed by atoms with Crippen LogP contribution in [0.4, 0.5) is 0 Å². The summed E-state index contributed by atoms with van der Waals surface area (Å²) in [5, 5.41) is 5.30. The third kappa shape index (κ3) is 5.55. The average Bonchev–Trinajstić information content (AvgIpc) is 3.33. The van der Waals surface area contributed by atoms with Gasteiger partial charge in [0, 0.05) is 36.3 Å². The second-order valence-electron chi connectivity index (χ2n) is 8.18. The zero-order chi connectivity index (χ0) is 23.9. The largest absolute Gasteiger partial charge is 0.339 e. The minimum atomic E-state index is -0.0731. The molecule has 0 fully saturated rings. The molecule has 0 aliphatic carbocycles. The number of aryl methyl sites for hydroxylation is 1. The maximum atomic E-state index is 13.2. The first kappa shape index (κ1) is 23.7. The van der Waals surface area contributed by atoms with Gasteiger partial charge in [0.2, 0.25) is 0 Å². The van der Waals surface area contributed by atoms with Crippen LogP contribution in [0, 0.1) is 0 Å². The van der Waals surface area contributed by atoms with Crippen LogP contribution in [-0.4, -0.2) is 44.6 Å². The number of rotatable bonds is 10. The van der Waals surface area contributed by atoms with Crippen molar-refractivity contribution >= 4 is 23.0 Å². The van der Waals surface area contributed by atoms with Crippen molar-refractivity contribution in [3.63, 3.8) is 0 Å². The third-order valence-electron chi connectivity index (χ3n) is 5.75. The number of amides is 1. The molecule has 0 radical (unpaired) electrons. The molecule has 0 aliphatic heterocycles. The summed E-state index contributed by atoms with van der Waals surface area (Å²) >= 11 is 5.97. The van der Waals surface area contributed by atoms with E-state index >= 15 is 0 Å². The zero-order valence-corrected chi connectivity index (χ0v) is 19.7. The van der Waals surface area contributed by atoms with Crippen molar-refractivity contribution in [3.8, 4) is 0 Å².